The molecule has 4 aliphatic heterocycles. The van der Waals surface area contributed by atoms with Crippen LogP contribution in [-0.2, 0) is 33.3 Å². The van der Waals surface area contributed by atoms with Crippen LogP contribution in [0.2, 0.25) is 0 Å². The molecule has 4 saturated heterocycles. The third-order valence-electron chi connectivity index (χ3n) is 8.91. The second-order valence-corrected chi connectivity index (χ2v) is 10.7. The topological polar surface area (TPSA) is 149 Å². The molecule has 164 valence electrons. The SMILES string of the molecule is C[C@@H]1C(=O)OC2CC34C5OC(=O)C3(OC3OC(=O)[C@H](O)C34[C@H](C(C)(C)C)[C@H]5O)[C@]21O. The maximum absolute atomic E-state index is 13.4. The van der Waals surface area contributed by atoms with E-state index in [0.29, 0.717) is 0 Å². The first-order chi connectivity index (χ1) is 13.8. The lowest BCUT2D eigenvalue weighted by Gasteiger charge is -2.46. The number of carbonyl (C=O) groups excluding carboxylic acids is 3. The Morgan fingerprint density at radius 2 is 1.70 bits per heavy atom. The van der Waals surface area contributed by atoms with Crippen LogP contribution in [0.25, 0.3) is 0 Å². The summed E-state index contributed by atoms with van der Waals surface area (Å²) in [6, 6.07) is 0. The molecule has 0 aromatic heterocycles. The van der Waals surface area contributed by atoms with Gasteiger partial charge in [-0.2, -0.15) is 0 Å². The average molecular weight is 424 g/mol. The number of carbonyl (C=O) groups is 3. The Morgan fingerprint density at radius 3 is 2.33 bits per heavy atom. The number of esters is 3. The van der Waals surface area contributed by atoms with E-state index in [9.17, 15) is 29.7 Å². The van der Waals surface area contributed by atoms with E-state index in [4.69, 9.17) is 18.9 Å². The molecule has 6 fully saturated rings. The maximum atomic E-state index is 13.4. The highest BCUT2D eigenvalue weighted by molar-refractivity contribution is 5.93. The maximum Gasteiger partial charge on any atom is 0.342 e. The van der Waals surface area contributed by atoms with Gasteiger partial charge in [-0.05, 0) is 12.3 Å². The second kappa shape index (κ2) is 4.69. The van der Waals surface area contributed by atoms with Gasteiger partial charge in [0, 0.05) is 12.3 Å². The molecule has 2 spiro atoms. The number of aliphatic hydroxyl groups excluding tert-OH is 2. The first-order valence-electron chi connectivity index (χ1n) is 10.2. The lowest BCUT2D eigenvalue weighted by Crippen LogP contribution is -2.66. The number of fused-ring (bicyclic) bond motifs is 1. The van der Waals surface area contributed by atoms with Crippen molar-refractivity contribution in [2.75, 3.05) is 0 Å². The van der Waals surface area contributed by atoms with Crippen LogP contribution in [0.4, 0.5) is 0 Å². The summed E-state index contributed by atoms with van der Waals surface area (Å²) in [5.74, 6) is -4.43. The summed E-state index contributed by atoms with van der Waals surface area (Å²) in [4.78, 5) is 38.2. The van der Waals surface area contributed by atoms with E-state index in [1.165, 1.54) is 6.92 Å². The minimum atomic E-state index is -2.12. The van der Waals surface area contributed by atoms with Gasteiger partial charge in [0.15, 0.2) is 11.7 Å². The normalized spacial score (nSPS) is 60.1. The highest BCUT2D eigenvalue weighted by Gasteiger charge is 3.02. The van der Waals surface area contributed by atoms with Gasteiger partial charge in [0.05, 0.1) is 22.9 Å². The summed E-state index contributed by atoms with van der Waals surface area (Å²) >= 11 is 0. The average Bonchev–Trinajstić information content (AvgIpc) is 3.32. The Labute approximate surface area is 171 Å². The van der Waals surface area contributed by atoms with Crippen LogP contribution >= 0.6 is 0 Å². The van der Waals surface area contributed by atoms with Gasteiger partial charge in [0.2, 0.25) is 11.9 Å². The van der Waals surface area contributed by atoms with Crippen LogP contribution in [0.5, 0.6) is 0 Å². The fourth-order valence-electron chi connectivity index (χ4n) is 8.22. The monoisotopic (exact) mass is 424 g/mol. The molecule has 0 aromatic carbocycles. The number of rotatable bonds is 0. The number of hydrogen-bond acceptors (Lipinski definition) is 10. The van der Waals surface area contributed by atoms with Crippen molar-refractivity contribution in [2.45, 2.75) is 76.0 Å². The number of aliphatic hydroxyl groups is 3. The Morgan fingerprint density at radius 1 is 1.03 bits per heavy atom. The van der Waals surface area contributed by atoms with E-state index in [1.54, 1.807) is 0 Å². The Kier molecular flexibility index (Phi) is 2.97. The molecule has 0 radical (unpaired) electrons. The smallest absolute Gasteiger partial charge is 0.342 e. The van der Waals surface area contributed by atoms with E-state index in [2.05, 4.69) is 0 Å². The van der Waals surface area contributed by atoms with Crippen LogP contribution in [0.3, 0.4) is 0 Å². The largest absolute Gasteiger partial charge is 0.459 e. The number of hydrogen-bond donors (Lipinski definition) is 3. The van der Waals surface area contributed by atoms with Gasteiger partial charge >= 0.3 is 17.9 Å². The molecule has 6 aliphatic rings. The minimum Gasteiger partial charge on any atom is -0.459 e. The minimum absolute atomic E-state index is 0.107. The first-order valence-corrected chi connectivity index (χ1v) is 10.2. The van der Waals surface area contributed by atoms with Gasteiger partial charge in [-0.1, -0.05) is 20.8 Å². The van der Waals surface area contributed by atoms with E-state index < -0.39 is 87.9 Å². The quantitative estimate of drug-likeness (QED) is 0.314. The van der Waals surface area contributed by atoms with Crippen molar-refractivity contribution in [3.8, 4) is 0 Å². The van der Waals surface area contributed by atoms with Gasteiger partial charge in [0.1, 0.15) is 12.2 Å². The predicted octanol–water partition coefficient (Wildman–Crippen LogP) is -1.37. The lowest BCUT2D eigenvalue weighted by atomic mass is 9.51. The first kappa shape index (κ1) is 19.0. The van der Waals surface area contributed by atoms with Gasteiger partial charge < -0.3 is 34.3 Å². The van der Waals surface area contributed by atoms with Gasteiger partial charge in [-0.3, -0.25) is 4.79 Å². The van der Waals surface area contributed by atoms with Crippen LogP contribution in [0.15, 0.2) is 0 Å². The highest BCUT2D eigenvalue weighted by Crippen LogP contribution is 2.84. The lowest BCUT2D eigenvalue weighted by molar-refractivity contribution is -0.239. The third kappa shape index (κ3) is 1.35. The number of ether oxygens (including phenoxy) is 4. The molecule has 11 atom stereocenters. The van der Waals surface area contributed by atoms with Crippen LogP contribution in [-0.4, -0.2) is 75.1 Å². The highest BCUT2D eigenvalue weighted by atomic mass is 16.8. The Hall–Kier alpha value is -1.75. The molecule has 6 unspecified atom stereocenters. The molecule has 2 aliphatic carbocycles. The zero-order chi connectivity index (χ0) is 21.8. The molecule has 2 saturated carbocycles. The zero-order valence-corrected chi connectivity index (χ0v) is 16.9. The van der Waals surface area contributed by atoms with E-state index in [0.717, 1.165) is 0 Å². The van der Waals surface area contributed by atoms with Gasteiger partial charge in [-0.25, -0.2) is 9.59 Å². The summed E-state index contributed by atoms with van der Waals surface area (Å²) in [6.07, 6.45) is -6.73. The third-order valence-corrected chi connectivity index (χ3v) is 8.91. The molecule has 6 rings (SSSR count). The summed E-state index contributed by atoms with van der Waals surface area (Å²) in [6.45, 7) is 6.97. The fourth-order valence-corrected chi connectivity index (χ4v) is 8.22. The van der Waals surface area contributed by atoms with Crippen molar-refractivity contribution in [1.82, 2.24) is 0 Å². The Bertz CT molecular complexity index is 925. The molecule has 10 heteroatoms. The fraction of sp³-hybridized carbons (Fsp3) is 0.850. The van der Waals surface area contributed by atoms with Crippen molar-refractivity contribution in [3.05, 3.63) is 0 Å². The molecule has 0 bridgehead atoms. The summed E-state index contributed by atoms with van der Waals surface area (Å²) < 4.78 is 22.6. The summed E-state index contributed by atoms with van der Waals surface area (Å²) in [5.41, 5.74) is -7.95. The molecular weight excluding hydrogens is 400 g/mol. The molecule has 0 aromatic rings. The molecule has 3 N–H and O–H groups in total. The van der Waals surface area contributed by atoms with Crippen molar-refractivity contribution in [3.63, 3.8) is 0 Å². The van der Waals surface area contributed by atoms with E-state index >= 15 is 0 Å². The second-order valence-electron chi connectivity index (χ2n) is 10.7. The van der Waals surface area contributed by atoms with Crippen LogP contribution in [0, 0.1) is 28.1 Å². The summed E-state index contributed by atoms with van der Waals surface area (Å²) in [7, 11) is 0. The summed E-state index contributed by atoms with van der Waals surface area (Å²) in [5, 5.41) is 34.4. The van der Waals surface area contributed by atoms with Gasteiger partial charge in [-0.15, -0.1) is 0 Å². The van der Waals surface area contributed by atoms with Crippen molar-refractivity contribution in [2.24, 2.45) is 28.1 Å². The molecular formula is C20H24O10. The van der Waals surface area contributed by atoms with Gasteiger partial charge in [0.25, 0.3) is 0 Å². The Balaban J connectivity index is 1.71. The van der Waals surface area contributed by atoms with Crippen LogP contribution in [0.1, 0.15) is 34.1 Å². The zero-order valence-electron chi connectivity index (χ0n) is 16.9. The van der Waals surface area contributed by atoms with Crippen LogP contribution < -0.4 is 0 Å². The van der Waals surface area contributed by atoms with E-state index in [-0.39, 0.29) is 6.42 Å². The molecule has 4 heterocycles. The molecule has 30 heavy (non-hydrogen) atoms. The standard InChI is InChI=1S/C20H24O10/c1-6-12(23)27-7-5-17-11-8(21)9(16(2,3)4)18(17)10(22)13(24)29-15(18)30-20(17,14(25)28-11)19(6,7)26/h6-11,15,21-22,26H,5H2,1-4H3/t6-,7?,8-,9+,10+,11?,15?,17?,18?,19-,20?/m1/s1. The molecule has 10 nitrogen and oxygen atoms in total. The van der Waals surface area contributed by atoms with E-state index in [1.807, 2.05) is 20.8 Å². The molecule has 0 amide bonds. The van der Waals surface area contributed by atoms with Crippen molar-refractivity contribution in [1.29, 1.82) is 0 Å². The van der Waals surface area contributed by atoms with Crippen molar-refractivity contribution >= 4 is 17.9 Å². The van der Waals surface area contributed by atoms with Crippen molar-refractivity contribution < 1.29 is 48.7 Å². The predicted molar refractivity (Wildman–Crippen MR) is 92.0 cm³/mol.